The molecule has 0 aromatic heterocycles. The molecule has 24 heavy (non-hydrogen) atoms. The van der Waals surface area contributed by atoms with Crippen LogP contribution in [0.3, 0.4) is 0 Å². The molecule has 0 spiro atoms. The first kappa shape index (κ1) is 18.3. The van der Waals surface area contributed by atoms with Gasteiger partial charge in [-0.15, -0.1) is 0 Å². The van der Waals surface area contributed by atoms with Crippen LogP contribution in [-0.2, 0) is 9.53 Å². The molecule has 4 aliphatic carbocycles. The first-order chi connectivity index (χ1) is 11.6. The van der Waals surface area contributed by atoms with Crippen molar-refractivity contribution >= 4 is 5.97 Å². The first-order valence-corrected chi connectivity index (χ1v) is 10.8. The summed E-state index contributed by atoms with van der Waals surface area (Å²) in [6.07, 6.45) is 18.8. The molecule has 4 saturated carbocycles. The van der Waals surface area contributed by atoms with E-state index >= 15 is 0 Å². The minimum absolute atomic E-state index is 0.0821. The predicted octanol–water partition coefficient (Wildman–Crippen LogP) is 6.28. The number of hydrogen-bond donors (Lipinski definition) is 0. The molecule has 4 aliphatic rings. The van der Waals surface area contributed by atoms with Crippen LogP contribution in [0.25, 0.3) is 0 Å². The Balaban J connectivity index is 1.50. The van der Waals surface area contributed by atoms with Gasteiger partial charge in [-0.25, -0.2) is 0 Å². The van der Waals surface area contributed by atoms with E-state index in [4.69, 9.17) is 4.74 Å². The quantitative estimate of drug-likeness (QED) is 0.512. The largest absolute Gasteiger partial charge is 0.465 e. The van der Waals surface area contributed by atoms with Gasteiger partial charge in [0.15, 0.2) is 0 Å². The van der Waals surface area contributed by atoms with Crippen LogP contribution in [-0.4, -0.2) is 12.6 Å². The van der Waals surface area contributed by atoms with Gasteiger partial charge < -0.3 is 4.74 Å². The van der Waals surface area contributed by atoms with Crippen molar-refractivity contribution in [3.05, 3.63) is 0 Å². The van der Waals surface area contributed by atoms with Gasteiger partial charge >= 0.3 is 5.97 Å². The van der Waals surface area contributed by atoms with Crippen molar-refractivity contribution in [3.63, 3.8) is 0 Å². The van der Waals surface area contributed by atoms with Crippen molar-refractivity contribution in [2.45, 2.75) is 104 Å². The molecule has 0 radical (unpaired) electrons. The zero-order valence-corrected chi connectivity index (χ0v) is 16.1. The number of unbranched alkanes of at least 4 members (excludes halogenated alkanes) is 1. The third-order valence-corrected chi connectivity index (χ3v) is 7.90. The van der Waals surface area contributed by atoms with E-state index in [0.29, 0.717) is 12.0 Å². The highest BCUT2D eigenvalue weighted by atomic mass is 16.5. The molecule has 0 aromatic rings. The SMILES string of the molecule is CCCCC12CCC([C@H]3CC[C@H](C(=O)OCCC)CC3)(CC1)CC2. The van der Waals surface area contributed by atoms with Gasteiger partial charge in [0, 0.05) is 0 Å². The van der Waals surface area contributed by atoms with Crippen molar-refractivity contribution in [1.29, 1.82) is 0 Å². The average molecular weight is 335 g/mol. The molecule has 0 N–H and O–H groups in total. The number of ether oxygens (including phenoxy) is 1. The summed E-state index contributed by atoms with van der Waals surface area (Å²) < 4.78 is 5.38. The lowest BCUT2D eigenvalue weighted by molar-refractivity contribution is -0.151. The second kappa shape index (κ2) is 7.79. The van der Waals surface area contributed by atoms with Gasteiger partial charge in [0.05, 0.1) is 12.5 Å². The molecule has 138 valence electrons. The zero-order chi connectivity index (χ0) is 17.0. The van der Waals surface area contributed by atoms with Crippen LogP contribution in [0.15, 0.2) is 0 Å². The Kier molecular flexibility index (Phi) is 5.93. The molecule has 4 rings (SSSR count). The maximum Gasteiger partial charge on any atom is 0.308 e. The summed E-state index contributed by atoms with van der Waals surface area (Å²) in [6.45, 7) is 5.00. The molecule has 0 unspecified atom stereocenters. The Morgan fingerprint density at radius 1 is 0.917 bits per heavy atom. The number of hydrogen-bond acceptors (Lipinski definition) is 2. The van der Waals surface area contributed by atoms with E-state index in [1.165, 1.54) is 70.6 Å². The van der Waals surface area contributed by atoms with Crippen LogP contribution in [0.1, 0.15) is 104 Å². The van der Waals surface area contributed by atoms with E-state index < -0.39 is 0 Å². The standard InChI is InChI=1S/C22H38O2/c1-3-5-10-21-11-14-22(15-12-21,16-13-21)19-8-6-18(7-9-19)20(23)24-17-4-2/h18-19H,3-17H2,1-2H3/t18-,19-,21?,22?. The fraction of sp³-hybridized carbons (Fsp3) is 0.955. The summed E-state index contributed by atoms with van der Waals surface area (Å²) in [6, 6.07) is 0. The smallest absolute Gasteiger partial charge is 0.308 e. The van der Waals surface area contributed by atoms with Gasteiger partial charge in [0.2, 0.25) is 0 Å². The molecule has 2 heteroatoms. The lowest BCUT2D eigenvalue weighted by atomic mass is 9.47. The van der Waals surface area contributed by atoms with Crippen molar-refractivity contribution < 1.29 is 9.53 Å². The Morgan fingerprint density at radius 2 is 1.54 bits per heavy atom. The van der Waals surface area contributed by atoms with E-state index in [1.54, 1.807) is 0 Å². The summed E-state index contributed by atoms with van der Waals surface area (Å²) in [5, 5.41) is 0. The molecule has 2 bridgehead atoms. The summed E-state index contributed by atoms with van der Waals surface area (Å²) >= 11 is 0. The molecule has 0 atom stereocenters. The first-order valence-electron chi connectivity index (χ1n) is 10.8. The third-order valence-electron chi connectivity index (χ3n) is 7.90. The van der Waals surface area contributed by atoms with Crippen LogP contribution < -0.4 is 0 Å². The summed E-state index contributed by atoms with van der Waals surface area (Å²) in [5.74, 6) is 1.16. The van der Waals surface area contributed by atoms with E-state index in [-0.39, 0.29) is 11.9 Å². The van der Waals surface area contributed by atoms with Crippen LogP contribution in [0.2, 0.25) is 0 Å². The topological polar surface area (TPSA) is 26.3 Å². The Labute approximate surface area is 149 Å². The Morgan fingerprint density at radius 3 is 2.08 bits per heavy atom. The number of esters is 1. The molecule has 0 aliphatic heterocycles. The van der Waals surface area contributed by atoms with E-state index in [1.807, 2.05) is 0 Å². The lowest BCUT2D eigenvalue weighted by Crippen LogP contribution is -2.46. The molecule has 0 saturated heterocycles. The lowest BCUT2D eigenvalue weighted by Gasteiger charge is -2.58. The summed E-state index contributed by atoms with van der Waals surface area (Å²) in [5.41, 5.74) is 1.37. The van der Waals surface area contributed by atoms with Crippen molar-refractivity contribution in [2.75, 3.05) is 6.61 Å². The Bertz CT molecular complexity index is 395. The number of rotatable bonds is 7. The van der Waals surface area contributed by atoms with E-state index in [2.05, 4.69) is 13.8 Å². The molecule has 0 amide bonds. The van der Waals surface area contributed by atoms with Gasteiger partial charge in [-0.05, 0) is 93.8 Å². The minimum Gasteiger partial charge on any atom is -0.465 e. The normalized spacial score (nSPS) is 38.9. The maximum atomic E-state index is 12.1. The molecule has 4 fully saturated rings. The molecule has 2 nitrogen and oxygen atoms in total. The van der Waals surface area contributed by atoms with Crippen molar-refractivity contribution in [1.82, 2.24) is 0 Å². The van der Waals surface area contributed by atoms with Crippen LogP contribution in [0.5, 0.6) is 0 Å². The van der Waals surface area contributed by atoms with Crippen LogP contribution in [0.4, 0.5) is 0 Å². The summed E-state index contributed by atoms with van der Waals surface area (Å²) in [4.78, 5) is 12.1. The van der Waals surface area contributed by atoms with E-state index in [0.717, 1.165) is 30.6 Å². The average Bonchev–Trinajstić information content (AvgIpc) is 2.66. The second-order valence-corrected chi connectivity index (χ2v) is 9.18. The minimum atomic E-state index is 0.0821. The molecular formula is C22H38O2. The highest BCUT2D eigenvalue weighted by Crippen LogP contribution is 2.63. The van der Waals surface area contributed by atoms with Crippen LogP contribution in [0, 0.1) is 22.7 Å². The number of carbonyl (C=O) groups excluding carboxylic acids is 1. The van der Waals surface area contributed by atoms with Gasteiger partial charge in [-0.1, -0.05) is 26.7 Å². The number of carbonyl (C=O) groups is 1. The number of fused-ring (bicyclic) bond motifs is 3. The highest BCUT2D eigenvalue weighted by molar-refractivity contribution is 5.72. The maximum absolute atomic E-state index is 12.1. The van der Waals surface area contributed by atoms with Gasteiger partial charge in [0.1, 0.15) is 0 Å². The van der Waals surface area contributed by atoms with Gasteiger partial charge in [-0.3, -0.25) is 4.79 Å². The monoisotopic (exact) mass is 334 g/mol. The molecule has 0 aromatic carbocycles. The van der Waals surface area contributed by atoms with Gasteiger partial charge in [0.25, 0.3) is 0 Å². The second-order valence-electron chi connectivity index (χ2n) is 9.18. The van der Waals surface area contributed by atoms with E-state index in [9.17, 15) is 4.79 Å². The van der Waals surface area contributed by atoms with Crippen LogP contribution >= 0.6 is 0 Å². The predicted molar refractivity (Wildman–Crippen MR) is 98.8 cm³/mol. The zero-order valence-electron chi connectivity index (χ0n) is 16.1. The highest BCUT2D eigenvalue weighted by Gasteiger charge is 2.51. The molecule has 0 heterocycles. The third kappa shape index (κ3) is 3.68. The van der Waals surface area contributed by atoms with Gasteiger partial charge in [-0.2, -0.15) is 0 Å². The van der Waals surface area contributed by atoms with Crippen molar-refractivity contribution in [2.24, 2.45) is 22.7 Å². The summed E-state index contributed by atoms with van der Waals surface area (Å²) in [7, 11) is 0. The van der Waals surface area contributed by atoms with Crippen molar-refractivity contribution in [3.8, 4) is 0 Å². The fourth-order valence-electron chi connectivity index (χ4n) is 6.09. The fourth-order valence-corrected chi connectivity index (χ4v) is 6.09. The molecular weight excluding hydrogens is 296 g/mol. The Hall–Kier alpha value is -0.530.